The number of ketones is 1. The molecule has 0 fully saturated rings. The lowest BCUT2D eigenvalue weighted by molar-refractivity contribution is 0.0478. The highest BCUT2D eigenvalue weighted by Gasteiger charge is 2.17. The van der Waals surface area contributed by atoms with Gasteiger partial charge < -0.3 is 4.74 Å². The summed E-state index contributed by atoms with van der Waals surface area (Å²) in [5, 5.41) is 0. The molecule has 0 aliphatic carbocycles. The average molecular weight is 376 g/mol. The zero-order valence-corrected chi connectivity index (χ0v) is 14.0. The van der Waals surface area contributed by atoms with Crippen molar-refractivity contribution in [3.8, 4) is 10.4 Å². The van der Waals surface area contributed by atoms with Crippen LogP contribution in [0.1, 0.15) is 20.0 Å². The van der Waals surface area contributed by atoms with Crippen LogP contribution in [0.3, 0.4) is 0 Å². The van der Waals surface area contributed by atoms with Gasteiger partial charge in [0.25, 0.3) is 0 Å². The molecular weight excluding hydrogens is 365 g/mol. The Hall–Kier alpha value is -2.93. The first kappa shape index (κ1) is 17.9. The summed E-state index contributed by atoms with van der Waals surface area (Å²) in [4.78, 5) is 24.9. The summed E-state index contributed by atoms with van der Waals surface area (Å²) in [6, 6.07) is 11.4. The summed E-state index contributed by atoms with van der Waals surface area (Å²) < 4.78 is 44.5. The Bertz CT molecular complexity index is 964. The highest BCUT2D eigenvalue weighted by molar-refractivity contribution is 7.17. The molecule has 0 saturated carbocycles. The lowest BCUT2D eigenvalue weighted by Gasteiger charge is -2.04. The van der Waals surface area contributed by atoms with E-state index in [2.05, 4.69) is 0 Å². The summed E-state index contributed by atoms with van der Waals surface area (Å²) in [5.41, 5.74) is 0.254. The smallest absolute Gasteiger partial charge is 0.348 e. The van der Waals surface area contributed by atoms with Crippen molar-refractivity contribution in [2.45, 2.75) is 0 Å². The van der Waals surface area contributed by atoms with Gasteiger partial charge in [-0.3, -0.25) is 4.79 Å². The van der Waals surface area contributed by atoms with Crippen molar-refractivity contribution in [1.29, 1.82) is 0 Å². The normalized spacial score (nSPS) is 10.6. The van der Waals surface area contributed by atoms with Gasteiger partial charge in [0.05, 0.1) is 5.56 Å². The fourth-order valence-electron chi connectivity index (χ4n) is 2.21. The Morgan fingerprint density at radius 3 is 2.31 bits per heavy atom. The zero-order chi connectivity index (χ0) is 18.7. The van der Waals surface area contributed by atoms with Crippen molar-refractivity contribution < 1.29 is 27.5 Å². The molecule has 0 aliphatic rings. The molecule has 7 heteroatoms. The van der Waals surface area contributed by atoms with Crippen LogP contribution in [0.25, 0.3) is 10.4 Å². The SMILES string of the molecule is O=C(OCC(=O)c1cc(F)ccc1F)c1ccc(-c2ccc(F)cc2)s1. The van der Waals surface area contributed by atoms with Crippen LogP contribution in [-0.4, -0.2) is 18.4 Å². The van der Waals surface area contributed by atoms with Gasteiger partial charge in [0.1, 0.15) is 22.3 Å². The van der Waals surface area contributed by atoms with Crippen LogP contribution in [0.5, 0.6) is 0 Å². The molecule has 1 heterocycles. The second-order valence-corrected chi connectivity index (χ2v) is 6.38. The molecule has 132 valence electrons. The van der Waals surface area contributed by atoms with E-state index in [-0.39, 0.29) is 10.7 Å². The van der Waals surface area contributed by atoms with E-state index in [1.54, 1.807) is 18.2 Å². The van der Waals surface area contributed by atoms with Crippen LogP contribution in [0.2, 0.25) is 0 Å². The second-order valence-electron chi connectivity index (χ2n) is 5.29. The first-order valence-electron chi connectivity index (χ1n) is 7.45. The Kier molecular flexibility index (Phi) is 5.18. The van der Waals surface area contributed by atoms with E-state index in [9.17, 15) is 22.8 Å². The molecular formula is C19H11F3O3S. The highest BCUT2D eigenvalue weighted by atomic mass is 32.1. The predicted octanol–water partition coefficient (Wildman–Crippen LogP) is 4.87. The first-order chi connectivity index (χ1) is 12.4. The highest BCUT2D eigenvalue weighted by Crippen LogP contribution is 2.28. The minimum Gasteiger partial charge on any atom is -0.453 e. The number of hydrogen-bond acceptors (Lipinski definition) is 4. The monoisotopic (exact) mass is 376 g/mol. The molecule has 0 bridgehead atoms. The standard InChI is InChI=1S/C19H11F3O3S/c20-12-3-1-11(2-4-12)17-7-8-18(26-17)19(24)25-10-16(23)14-9-13(21)5-6-15(14)22/h1-9H,10H2. The van der Waals surface area contributed by atoms with Crippen LogP contribution in [0.15, 0.2) is 54.6 Å². The number of ether oxygens (including phenoxy) is 1. The number of esters is 1. The van der Waals surface area contributed by atoms with Crippen molar-refractivity contribution in [3.63, 3.8) is 0 Å². The Morgan fingerprint density at radius 2 is 1.58 bits per heavy atom. The number of Topliss-reactive ketones (excluding diaryl/α,β-unsaturated/α-hetero) is 1. The molecule has 3 nitrogen and oxygen atoms in total. The van der Waals surface area contributed by atoms with E-state index < -0.39 is 35.6 Å². The number of hydrogen-bond donors (Lipinski definition) is 0. The third-order valence-electron chi connectivity index (χ3n) is 3.50. The minimum atomic E-state index is -0.887. The molecule has 0 aliphatic heterocycles. The van der Waals surface area contributed by atoms with E-state index in [0.717, 1.165) is 40.0 Å². The first-order valence-corrected chi connectivity index (χ1v) is 8.27. The van der Waals surface area contributed by atoms with Crippen LogP contribution in [0, 0.1) is 17.5 Å². The summed E-state index contributed by atoms with van der Waals surface area (Å²) in [6.45, 7) is -0.705. The number of halogens is 3. The van der Waals surface area contributed by atoms with E-state index in [1.807, 2.05) is 0 Å². The number of carbonyl (C=O) groups is 2. The molecule has 3 aromatic rings. The summed E-state index contributed by atoms with van der Waals surface area (Å²) in [7, 11) is 0. The van der Waals surface area contributed by atoms with Gasteiger partial charge in [-0.1, -0.05) is 12.1 Å². The molecule has 26 heavy (non-hydrogen) atoms. The molecule has 0 N–H and O–H groups in total. The van der Waals surface area contributed by atoms with E-state index in [1.165, 1.54) is 18.2 Å². The maximum atomic E-state index is 13.5. The molecule has 0 spiro atoms. The molecule has 0 radical (unpaired) electrons. The Morgan fingerprint density at radius 1 is 0.885 bits per heavy atom. The Labute approximate surface area is 150 Å². The number of thiophene rings is 1. The van der Waals surface area contributed by atoms with Crippen LogP contribution in [-0.2, 0) is 4.74 Å². The largest absolute Gasteiger partial charge is 0.453 e. The lowest BCUT2D eigenvalue weighted by atomic mass is 10.1. The minimum absolute atomic E-state index is 0.233. The van der Waals surface area contributed by atoms with E-state index in [0.29, 0.717) is 0 Å². The van der Waals surface area contributed by atoms with Crippen LogP contribution < -0.4 is 0 Å². The van der Waals surface area contributed by atoms with Gasteiger partial charge in [0.2, 0.25) is 5.78 Å². The summed E-state index contributed by atoms with van der Waals surface area (Å²) in [6.07, 6.45) is 0. The van der Waals surface area contributed by atoms with Gasteiger partial charge in [0.15, 0.2) is 6.61 Å². The molecule has 0 amide bonds. The predicted molar refractivity (Wildman–Crippen MR) is 90.7 cm³/mol. The lowest BCUT2D eigenvalue weighted by Crippen LogP contribution is -2.15. The molecule has 3 rings (SSSR count). The average Bonchev–Trinajstić information content (AvgIpc) is 3.12. The van der Waals surface area contributed by atoms with E-state index in [4.69, 9.17) is 4.74 Å². The van der Waals surface area contributed by atoms with Gasteiger partial charge in [-0.2, -0.15) is 0 Å². The molecule has 2 aromatic carbocycles. The van der Waals surface area contributed by atoms with Crippen molar-refractivity contribution in [2.24, 2.45) is 0 Å². The van der Waals surface area contributed by atoms with Gasteiger partial charge >= 0.3 is 5.97 Å². The second kappa shape index (κ2) is 7.53. The fourth-order valence-corrected chi connectivity index (χ4v) is 3.11. The van der Waals surface area contributed by atoms with Crippen molar-refractivity contribution in [1.82, 2.24) is 0 Å². The number of rotatable bonds is 5. The van der Waals surface area contributed by atoms with Gasteiger partial charge in [-0.15, -0.1) is 11.3 Å². The van der Waals surface area contributed by atoms with E-state index >= 15 is 0 Å². The quantitative estimate of drug-likeness (QED) is 0.471. The summed E-state index contributed by atoms with van der Waals surface area (Å²) >= 11 is 1.11. The third kappa shape index (κ3) is 4.00. The van der Waals surface area contributed by atoms with Crippen LogP contribution in [0.4, 0.5) is 13.2 Å². The molecule has 0 atom stereocenters. The topological polar surface area (TPSA) is 43.4 Å². The molecule has 0 unspecified atom stereocenters. The van der Waals surface area contributed by atoms with Gasteiger partial charge in [-0.25, -0.2) is 18.0 Å². The van der Waals surface area contributed by atoms with Crippen molar-refractivity contribution >= 4 is 23.1 Å². The zero-order valence-electron chi connectivity index (χ0n) is 13.2. The fraction of sp³-hybridized carbons (Fsp3) is 0.0526. The van der Waals surface area contributed by atoms with Crippen LogP contribution >= 0.6 is 11.3 Å². The maximum absolute atomic E-state index is 13.5. The summed E-state index contributed by atoms with van der Waals surface area (Å²) in [5.74, 6) is -3.61. The molecule has 1 aromatic heterocycles. The molecule has 0 saturated heterocycles. The van der Waals surface area contributed by atoms with Gasteiger partial charge in [-0.05, 0) is 48.0 Å². The van der Waals surface area contributed by atoms with Crippen molar-refractivity contribution in [3.05, 3.63) is 82.5 Å². The van der Waals surface area contributed by atoms with Gasteiger partial charge in [0, 0.05) is 4.88 Å². The third-order valence-corrected chi connectivity index (χ3v) is 4.61. The maximum Gasteiger partial charge on any atom is 0.348 e. The number of carbonyl (C=O) groups excluding carboxylic acids is 2. The number of benzene rings is 2. The Balaban J connectivity index is 1.66. The van der Waals surface area contributed by atoms with Crippen molar-refractivity contribution in [2.75, 3.05) is 6.61 Å².